The number of pyridine rings is 1. The van der Waals surface area contributed by atoms with Gasteiger partial charge < -0.3 is 14.4 Å². The van der Waals surface area contributed by atoms with Crippen LogP contribution in [0.2, 0.25) is 0 Å². The van der Waals surface area contributed by atoms with Crippen molar-refractivity contribution in [2.45, 2.75) is 12.1 Å². The molecule has 30 heavy (non-hydrogen) atoms. The molecular formula is C22H24N4O3S. The standard InChI is InChI=1S/C22H24N4O3S/c27-22(18-15-30-21(24-18)16-4-3-7-23-12-16)26-10-8-25(9-11-26)13-17-14-28-19-5-1-2-6-20(19)29-17/h1-7,12,17-18H,8-11,13-15H2. The Balaban J connectivity index is 1.12. The first-order chi connectivity index (χ1) is 14.8. The molecule has 3 aliphatic heterocycles. The number of nitrogens with zero attached hydrogens (tertiary/aromatic N) is 4. The van der Waals surface area contributed by atoms with Crippen LogP contribution >= 0.6 is 11.8 Å². The molecule has 1 amide bonds. The Morgan fingerprint density at radius 2 is 1.93 bits per heavy atom. The molecule has 0 radical (unpaired) electrons. The quantitative estimate of drug-likeness (QED) is 0.747. The molecule has 8 heteroatoms. The van der Waals surface area contributed by atoms with Crippen LogP contribution in [0.1, 0.15) is 5.56 Å². The van der Waals surface area contributed by atoms with E-state index in [-0.39, 0.29) is 18.1 Å². The molecule has 0 bridgehead atoms. The summed E-state index contributed by atoms with van der Waals surface area (Å²) < 4.78 is 11.9. The summed E-state index contributed by atoms with van der Waals surface area (Å²) >= 11 is 1.64. The summed E-state index contributed by atoms with van der Waals surface area (Å²) in [5, 5.41) is 0.912. The first-order valence-corrected chi connectivity index (χ1v) is 11.3. The van der Waals surface area contributed by atoms with E-state index in [9.17, 15) is 4.79 Å². The van der Waals surface area contributed by atoms with E-state index < -0.39 is 0 Å². The second-order valence-corrected chi connectivity index (χ2v) is 8.63. The van der Waals surface area contributed by atoms with E-state index in [2.05, 4.69) is 14.9 Å². The third-order valence-electron chi connectivity index (χ3n) is 5.56. The van der Waals surface area contributed by atoms with E-state index in [4.69, 9.17) is 9.47 Å². The maximum Gasteiger partial charge on any atom is 0.248 e. The fraction of sp³-hybridized carbons (Fsp3) is 0.409. The lowest BCUT2D eigenvalue weighted by Crippen LogP contribution is -2.53. The molecule has 1 saturated heterocycles. The minimum absolute atomic E-state index is 0.0139. The number of aromatic nitrogens is 1. The Morgan fingerprint density at radius 3 is 2.73 bits per heavy atom. The normalized spacial score (nSPS) is 23.9. The number of amides is 1. The molecule has 156 valence electrons. The van der Waals surface area contributed by atoms with Crippen molar-refractivity contribution in [3.63, 3.8) is 0 Å². The number of hydrogen-bond donors (Lipinski definition) is 0. The molecule has 2 unspecified atom stereocenters. The first kappa shape index (κ1) is 19.4. The number of carbonyl (C=O) groups is 1. The molecule has 4 heterocycles. The Hall–Kier alpha value is -2.58. The zero-order valence-corrected chi connectivity index (χ0v) is 17.5. The Bertz CT molecular complexity index is 931. The third kappa shape index (κ3) is 4.15. The lowest BCUT2D eigenvalue weighted by Gasteiger charge is -2.37. The number of hydrogen-bond acceptors (Lipinski definition) is 7. The Morgan fingerprint density at radius 1 is 1.10 bits per heavy atom. The molecule has 3 aliphatic rings. The molecule has 1 fully saturated rings. The van der Waals surface area contributed by atoms with Crippen LogP contribution in [0.15, 0.2) is 53.8 Å². The number of ether oxygens (including phenoxy) is 2. The molecule has 2 atom stereocenters. The maximum absolute atomic E-state index is 12.9. The minimum Gasteiger partial charge on any atom is -0.486 e. The molecule has 2 aromatic rings. The van der Waals surface area contributed by atoms with Crippen LogP contribution in [0.3, 0.4) is 0 Å². The largest absolute Gasteiger partial charge is 0.486 e. The third-order valence-corrected chi connectivity index (χ3v) is 6.65. The Labute approximate surface area is 180 Å². The van der Waals surface area contributed by atoms with E-state index in [0.717, 1.165) is 54.8 Å². The highest BCUT2D eigenvalue weighted by Gasteiger charge is 2.32. The van der Waals surface area contributed by atoms with E-state index in [1.165, 1.54) is 0 Å². The van der Waals surface area contributed by atoms with Crippen molar-refractivity contribution in [3.05, 3.63) is 54.4 Å². The fourth-order valence-corrected chi connectivity index (χ4v) is 4.97. The summed E-state index contributed by atoms with van der Waals surface area (Å²) in [4.78, 5) is 26.0. The highest BCUT2D eigenvalue weighted by molar-refractivity contribution is 8.14. The number of piperazine rings is 1. The predicted octanol–water partition coefficient (Wildman–Crippen LogP) is 1.93. The van der Waals surface area contributed by atoms with Gasteiger partial charge in [-0.1, -0.05) is 12.1 Å². The monoisotopic (exact) mass is 424 g/mol. The molecule has 7 nitrogen and oxygen atoms in total. The molecule has 0 spiro atoms. The van der Waals surface area contributed by atoms with Crippen LogP contribution in [-0.4, -0.2) is 83.0 Å². The summed E-state index contributed by atoms with van der Waals surface area (Å²) in [6.07, 6.45) is 3.56. The van der Waals surface area contributed by atoms with Gasteiger partial charge in [-0.05, 0) is 24.3 Å². The molecule has 5 rings (SSSR count). The second-order valence-electron chi connectivity index (χ2n) is 7.63. The van der Waals surface area contributed by atoms with Crippen LogP contribution in [0.4, 0.5) is 0 Å². The molecule has 1 aromatic carbocycles. The Kier molecular flexibility index (Phi) is 5.59. The van der Waals surface area contributed by atoms with Gasteiger partial charge in [0.25, 0.3) is 0 Å². The van der Waals surface area contributed by atoms with Crippen LogP contribution in [-0.2, 0) is 4.79 Å². The van der Waals surface area contributed by atoms with Crippen molar-refractivity contribution >= 4 is 22.7 Å². The van der Waals surface area contributed by atoms with Gasteiger partial charge in [0.1, 0.15) is 23.8 Å². The van der Waals surface area contributed by atoms with Gasteiger partial charge in [-0.25, -0.2) is 0 Å². The van der Waals surface area contributed by atoms with Crippen LogP contribution in [0.25, 0.3) is 0 Å². The minimum atomic E-state index is -0.289. The number of aliphatic imine (C=N–C) groups is 1. The predicted molar refractivity (Wildman–Crippen MR) is 116 cm³/mol. The number of rotatable bonds is 4. The molecule has 0 saturated carbocycles. The molecule has 1 aromatic heterocycles. The van der Waals surface area contributed by atoms with Gasteiger partial charge in [0.15, 0.2) is 11.5 Å². The highest BCUT2D eigenvalue weighted by atomic mass is 32.2. The smallest absolute Gasteiger partial charge is 0.248 e. The van der Waals surface area contributed by atoms with Crippen LogP contribution in [0.5, 0.6) is 11.5 Å². The number of fused-ring (bicyclic) bond motifs is 1. The van der Waals surface area contributed by atoms with Crippen molar-refractivity contribution < 1.29 is 14.3 Å². The van der Waals surface area contributed by atoms with E-state index >= 15 is 0 Å². The SMILES string of the molecule is O=C(C1CSC(c2cccnc2)=N1)N1CCN(CC2COc3ccccc3O2)CC1. The van der Waals surface area contributed by atoms with Gasteiger partial charge in [-0.15, -0.1) is 11.8 Å². The number of benzene rings is 1. The molecular weight excluding hydrogens is 400 g/mol. The average molecular weight is 425 g/mol. The summed E-state index contributed by atoms with van der Waals surface area (Å²) in [5.74, 6) is 2.45. The summed E-state index contributed by atoms with van der Waals surface area (Å²) in [6, 6.07) is 11.4. The van der Waals surface area contributed by atoms with Crippen molar-refractivity contribution in [1.29, 1.82) is 0 Å². The van der Waals surface area contributed by atoms with Crippen molar-refractivity contribution in [2.24, 2.45) is 4.99 Å². The first-order valence-electron chi connectivity index (χ1n) is 10.3. The fourth-order valence-electron chi connectivity index (χ4n) is 3.95. The van der Waals surface area contributed by atoms with E-state index in [0.29, 0.717) is 12.4 Å². The number of carbonyl (C=O) groups excluding carboxylic acids is 1. The lowest BCUT2D eigenvalue weighted by molar-refractivity contribution is -0.133. The zero-order chi connectivity index (χ0) is 20.3. The van der Waals surface area contributed by atoms with Gasteiger partial charge in [-0.3, -0.25) is 19.7 Å². The van der Waals surface area contributed by atoms with Gasteiger partial charge >= 0.3 is 0 Å². The van der Waals surface area contributed by atoms with Gasteiger partial charge in [0, 0.05) is 56.4 Å². The van der Waals surface area contributed by atoms with Crippen molar-refractivity contribution in [1.82, 2.24) is 14.8 Å². The molecule has 0 N–H and O–H groups in total. The summed E-state index contributed by atoms with van der Waals surface area (Å²) in [5.41, 5.74) is 0.985. The number of thioether (sulfide) groups is 1. The number of para-hydroxylation sites is 2. The van der Waals surface area contributed by atoms with E-state index in [1.807, 2.05) is 41.3 Å². The summed E-state index contributed by atoms with van der Waals surface area (Å²) in [6.45, 7) is 4.49. The topological polar surface area (TPSA) is 67.3 Å². The average Bonchev–Trinajstić information content (AvgIpc) is 3.30. The van der Waals surface area contributed by atoms with Gasteiger partial charge in [0.2, 0.25) is 5.91 Å². The van der Waals surface area contributed by atoms with Crippen LogP contribution in [0, 0.1) is 0 Å². The lowest BCUT2D eigenvalue weighted by atomic mass is 10.2. The zero-order valence-electron chi connectivity index (χ0n) is 16.6. The highest BCUT2D eigenvalue weighted by Crippen LogP contribution is 2.31. The maximum atomic E-state index is 12.9. The van der Waals surface area contributed by atoms with Gasteiger partial charge in [0.05, 0.1) is 0 Å². The van der Waals surface area contributed by atoms with Crippen molar-refractivity contribution in [2.75, 3.05) is 45.1 Å². The second kappa shape index (κ2) is 8.65. The van der Waals surface area contributed by atoms with E-state index in [1.54, 1.807) is 24.2 Å². The van der Waals surface area contributed by atoms with Gasteiger partial charge in [-0.2, -0.15) is 0 Å². The molecule has 0 aliphatic carbocycles. The van der Waals surface area contributed by atoms with Crippen molar-refractivity contribution in [3.8, 4) is 11.5 Å². The van der Waals surface area contributed by atoms with Crippen LogP contribution < -0.4 is 9.47 Å². The summed E-state index contributed by atoms with van der Waals surface area (Å²) in [7, 11) is 0.